The average Bonchev–Trinajstić information content (AvgIpc) is 2.46. The van der Waals surface area contributed by atoms with Gasteiger partial charge in [-0.3, -0.25) is 0 Å². The molecule has 4 heteroatoms. The molecule has 122 valence electrons. The highest BCUT2D eigenvalue weighted by molar-refractivity contribution is 5.72. The standard InChI is InChI=1S/C20H14F4/c1-11-7-15(21)19(16(22)8-11)13-3-5-14(6-4-13)20-17(23)9-12(2)10-18(20)24/h3-10H,1-2H3. The van der Waals surface area contributed by atoms with Crippen LogP contribution >= 0.6 is 0 Å². The first-order chi connectivity index (χ1) is 11.4. The van der Waals surface area contributed by atoms with Gasteiger partial charge in [-0.2, -0.15) is 0 Å². The largest absolute Gasteiger partial charge is 0.206 e. The lowest BCUT2D eigenvalue weighted by molar-refractivity contribution is 0.586. The molecule has 0 aromatic heterocycles. The molecule has 0 saturated carbocycles. The van der Waals surface area contributed by atoms with E-state index in [-0.39, 0.29) is 11.1 Å². The quantitative estimate of drug-likeness (QED) is 0.491. The fourth-order valence-electron chi connectivity index (χ4n) is 2.75. The molecule has 3 rings (SSSR count). The maximum absolute atomic E-state index is 14.0. The average molecular weight is 330 g/mol. The molecule has 0 aliphatic carbocycles. The van der Waals surface area contributed by atoms with Gasteiger partial charge in [-0.05, 0) is 60.4 Å². The Bertz CT molecular complexity index is 789. The molecule has 0 atom stereocenters. The molecule has 0 spiro atoms. The van der Waals surface area contributed by atoms with E-state index >= 15 is 0 Å². The molecule has 0 N–H and O–H groups in total. The predicted molar refractivity (Wildman–Crippen MR) is 86.6 cm³/mol. The predicted octanol–water partition coefficient (Wildman–Crippen LogP) is 6.19. The monoisotopic (exact) mass is 330 g/mol. The molecule has 0 saturated heterocycles. The summed E-state index contributed by atoms with van der Waals surface area (Å²) in [4.78, 5) is 0. The zero-order valence-corrected chi connectivity index (χ0v) is 13.1. The van der Waals surface area contributed by atoms with Crippen molar-refractivity contribution in [3.05, 3.63) is 82.9 Å². The van der Waals surface area contributed by atoms with Crippen LogP contribution in [0.3, 0.4) is 0 Å². The van der Waals surface area contributed by atoms with Crippen molar-refractivity contribution in [3.63, 3.8) is 0 Å². The zero-order chi connectivity index (χ0) is 17.4. The van der Waals surface area contributed by atoms with Gasteiger partial charge in [0.05, 0.1) is 11.1 Å². The Labute approximate surface area is 137 Å². The van der Waals surface area contributed by atoms with Crippen LogP contribution in [0, 0.1) is 37.1 Å². The van der Waals surface area contributed by atoms with Crippen molar-refractivity contribution >= 4 is 0 Å². The topological polar surface area (TPSA) is 0 Å². The molecule has 0 radical (unpaired) electrons. The lowest BCUT2D eigenvalue weighted by Gasteiger charge is -2.10. The first-order valence-electron chi connectivity index (χ1n) is 7.39. The normalized spacial score (nSPS) is 10.9. The van der Waals surface area contributed by atoms with Crippen LogP contribution in [-0.2, 0) is 0 Å². The van der Waals surface area contributed by atoms with Gasteiger partial charge in [0.1, 0.15) is 23.3 Å². The number of benzene rings is 3. The Morgan fingerprint density at radius 1 is 0.500 bits per heavy atom. The number of hydrogen-bond donors (Lipinski definition) is 0. The van der Waals surface area contributed by atoms with Crippen molar-refractivity contribution in [1.29, 1.82) is 0 Å². The van der Waals surface area contributed by atoms with Crippen LogP contribution in [0.5, 0.6) is 0 Å². The van der Waals surface area contributed by atoms with Crippen LogP contribution in [0.1, 0.15) is 11.1 Å². The lowest BCUT2D eigenvalue weighted by Crippen LogP contribution is -1.94. The summed E-state index contributed by atoms with van der Waals surface area (Å²) in [5.41, 5.74) is 1.26. The Hall–Kier alpha value is -2.62. The molecule has 0 aliphatic rings. The summed E-state index contributed by atoms with van der Waals surface area (Å²) < 4.78 is 56.1. The van der Waals surface area contributed by atoms with E-state index in [1.54, 1.807) is 13.8 Å². The van der Waals surface area contributed by atoms with E-state index in [1.807, 2.05) is 0 Å². The summed E-state index contributed by atoms with van der Waals surface area (Å²) in [5.74, 6) is -2.69. The first kappa shape index (κ1) is 16.2. The van der Waals surface area contributed by atoms with Crippen molar-refractivity contribution in [2.75, 3.05) is 0 Å². The minimum Gasteiger partial charge on any atom is -0.206 e. The molecule has 24 heavy (non-hydrogen) atoms. The molecule has 0 fully saturated rings. The molecular formula is C20H14F4. The molecule has 0 bridgehead atoms. The third-order valence-corrected chi connectivity index (χ3v) is 3.84. The number of hydrogen-bond acceptors (Lipinski definition) is 0. The highest BCUT2D eigenvalue weighted by atomic mass is 19.1. The van der Waals surface area contributed by atoms with Crippen LogP contribution in [-0.4, -0.2) is 0 Å². The Kier molecular flexibility index (Phi) is 4.14. The summed E-state index contributed by atoms with van der Waals surface area (Å²) in [6, 6.07) is 10.8. The minimum atomic E-state index is -0.673. The van der Waals surface area contributed by atoms with Crippen LogP contribution in [0.2, 0.25) is 0 Å². The highest BCUT2D eigenvalue weighted by Crippen LogP contribution is 2.31. The molecule has 3 aromatic carbocycles. The van der Waals surface area contributed by atoms with E-state index < -0.39 is 23.3 Å². The van der Waals surface area contributed by atoms with E-state index in [0.29, 0.717) is 22.3 Å². The molecule has 0 heterocycles. The minimum absolute atomic E-state index is 0.156. The number of aryl methyl sites for hydroxylation is 2. The van der Waals surface area contributed by atoms with Crippen molar-refractivity contribution in [2.45, 2.75) is 13.8 Å². The Morgan fingerprint density at radius 3 is 1.00 bits per heavy atom. The zero-order valence-electron chi connectivity index (χ0n) is 13.1. The maximum Gasteiger partial charge on any atom is 0.134 e. The third-order valence-electron chi connectivity index (χ3n) is 3.84. The van der Waals surface area contributed by atoms with E-state index in [2.05, 4.69) is 0 Å². The van der Waals surface area contributed by atoms with Gasteiger partial charge in [0, 0.05) is 0 Å². The SMILES string of the molecule is Cc1cc(F)c(-c2ccc(-c3c(F)cc(C)cc3F)cc2)c(F)c1. The van der Waals surface area contributed by atoms with Gasteiger partial charge in [0.2, 0.25) is 0 Å². The smallest absolute Gasteiger partial charge is 0.134 e. The van der Waals surface area contributed by atoms with E-state index in [1.165, 1.54) is 48.5 Å². The maximum atomic E-state index is 14.0. The highest BCUT2D eigenvalue weighted by Gasteiger charge is 2.15. The molecule has 0 aliphatic heterocycles. The van der Waals surface area contributed by atoms with E-state index in [0.717, 1.165) is 0 Å². The van der Waals surface area contributed by atoms with Crippen molar-refractivity contribution in [1.82, 2.24) is 0 Å². The van der Waals surface area contributed by atoms with Crippen molar-refractivity contribution < 1.29 is 17.6 Å². The van der Waals surface area contributed by atoms with Gasteiger partial charge in [0.15, 0.2) is 0 Å². The molecule has 0 nitrogen and oxygen atoms in total. The second kappa shape index (κ2) is 6.11. The summed E-state index contributed by atoms with van der Waals surface area (Å²) in [5, 5.41) is 0. The Balaban J connectivity index is 2.07. The number of halogens is 4. The fourth-order valence-corrected chi connectivity index (χ4v) is 2.75. The van der Waals surface area contributed by atoms with Gasteiger partial charge in [-0.25, -0.2) is 17.6 Å². The van der Waals surface area contributed by atoms with E-state index in [4.69, 9.17) is 0 Å². The van der Waals surface area contributed by atoms with Gasteiger partial charge >= 0.3 is 0 Å². The first-order valence-corrected chi connectivity index (χ1v) is 7.39. The van der Waals surface area contributed by atoms with Crippen molar-refractivity contribution in [3.8, 4) is 22.3 Å². The molecule has 3 aromatic rings. The second-order valence-electron chi connectivity index (χ2n) is 5.78. The van der Waals surface area contributed by atoms with E-state index in [9.17, 15) is 17.6 Å². The summed E-state index contributed by atoms with van der Waals surface area (Å²) in [6.45, 7) is 3.20. The van der Waals surface area contributed by atoms with Crippen molar-refractivity contribution in [2.24, 2.45) is 0 Å². The fraction of sp³-hybridized carbons (Fsp3) is 0.100. The van der Waals surface area contributed by atoms with Crippen LogP contribution in [0.15, 0.2) is 48.5 Å². The van der Waals surface area contributed by atoms with Crippen LogP contribution in [0.25, 0.3) is 22.3 Å². The molecule has 0 amide bonds. The van der Waals surface area contributed by atoms with Gasteiger partial charge in [-0.15, -0.1) is 0 Å². The number of rotatable bonds is 2. The molecular weight excluding hydrogens is 316 g/mol. The Morgan fingerprint density at radius 2 is 0.750 bits per heavy atom. The summed E-state index contributed by atoms with van der Waals surface area (Å²) in [6.07, 6.45) is 0. The molecule has 0 unspecified atom stereocenters. The van der Waals surface area contributed by atoms with Gasteiger partial charge in [0.25, 0.3) is 0 Å². The van der Waals surface area contributed by atoms with Gasteiger partial charge < -0.3 is 0 Å². The summed E-state index contributed by atoms with van der Waals surface area (Å²) in [7, 11) is 0. The van der Waals surface area contributed by atoms with Crippen LogP contribution in [0.4, 0.5) is 17.6 Å². The second-order valence-corrected chi connectivity index (χ2v) is 5.78. The summed E-state index contributed by atoms with van der Waals surface area (Å²) >= 11 is 0. The van der Waals surface area contributed by atoms with Gasteiger partial charge in [-0.1, -0.05) is 24.3 Å². The van der Waals surface area contributed by atoms with Crippen LogP contribution < -0.4 is 0 Å². The third kappa shape index (κ3) is 2.92. The lowest BCUT2D eigenvalue weighted by atomic mass is 9.97.